The molecular weight excluding hydrogens is 250 g/mol. The van der Waals surface area contributed by atoms with Gasteiger partial charge in [-0.25, -0.2) is 5.84 Å². The number of aromatic nitrogens is 3. The SMILES string of the molecule is CCCOCCOc1nc(NN)nc(OCCC)n1. The summed E-state index contributed by atoms with van der Waals surface area (Å²) in [6.07, 6.45) is 1.83. The Balaban J connectivity index is 2.50. The first kappa shape index (κ1) is 15.4. The van der Waals surface area contributed by atoms with Crippen LogP contribution >= 0.6 is 0 Å². The first-order valence-electron chi connectivity index (χ1n) is 6.36. The van der Waals surface area contributed by atoms with E-state index in [2.05, 4.69) is 20.4 Å². The molecule has 0 saturated carbocycles. The zero-order valence-electron chi connectivity index (χ0n) is 11.4. The van der Waals surface area contributed by atoms with Gasteiger partial charge in [0, 0.05) is 6.61 Å². The maximum atomic E-state index is 5.35. The minimum absolute atomic E-state index is 0.161. The van der Waals surface area contributed by atoms with Gasteiger partial charge >= 0.3 is 12.0 Å². The number of hydrogen-bond acceptors (Lipinski definition) is 8. The van der Waals surface area contributed by atoms with Gasteiger partial charge in [-0.3, -0.25) is 5.43 Å². The molecule has 0 unspecified atom stereocenters. The van der Waals surface area contributed by atoms with Crippen molar-refractivity contribution in [3.63, 3.8) is 0 Å². The lowest BCUT2D eigenvalue weighted by atomic mass is 10.5. The standard InChI is InChI=1S/C11H21N5O3/c1-3-5-17-7-8-19-11-14-9(16-12)13-10(15-11)18-6-4-2/h3-8,12H2,1-2H3,(H,13,14,15,16). The van der Waals surface area contributed by atoms with Crippen molar-refractivity contribution in [1.82, 2.24) is 15.0 Å². The van der Waals surface area contributed by atoms with Gasteiger partial charge in [0.2, 0.25) is 5.95 Å². The lowest BCUT2D eigenvalue weighted by molar-refractivity contribution is 0.0966. The number of hydrogen-bond donors (Lipinski definition) is 2. The number of hydrazine groups is 1. The van der Waals surface area contributed by atoms with Crippen LogP contribution in [-0.2, 0) is 4.74 Å². The van der Waals surface area contributed by atoms with Gasteiger partial charge in [-0.2, -0.15) is 9.97 Å². The number of nitrogen functional groups attached to an aromatic ring is 1. The molecule has 8 heteroatoms. The second-order valence-corrected chi connectivity index (χ2v) is 3.68. The van der Waals surface area contributed by atoms with E-state index < -0.39 is 0 Å². The third-order valence-corrected chi connectivity index (χ3v) is 1.97. The summed E-state index contributed by atoms with van der Waals surface area (Å²) in [5.41, 5.74) is 2.34. The fourth-order valence-corrected chi connectivity index (χ4v) is 1.16. The third-order valence-electron chi connectivity index (χ3n) is 1.97. The highest BCUT2D eigenvalue weighted by atomic mass is 16.5. The Labute approximate surface area is 112 Å². The van der Waals surface area contributed by atoms with Gasteiger partial charge in [-0.1, -0.05) is 13.8 Å². The van der Waals surface area contributed by atoms with E-state index in [1.807, 2.05) is 13.8 Å². The fourth-order valence-electron chi connectivity index (χ4n) is 1.16. The Bertz CT molecular complexity index is 364. The predicted octanol–water partition coefficient (Wildman–Crippen LogP) is 0.751. The van der Waals surface area contributed by atoms with E-state index in [1.165, 1.54) is 0 Å². The van der Waals surface area contributed by atoms with Gasteiger partial charge in [0.1, 0.15) is 6.61 Å². The quantitative estimate of drug-likeness (QED) is 0.365. The summed E-state index contributed by atoms with van der Waals surface area (Å²) in [4.78, 5) is 11.9. The molecule has 108 valence electrons. The molecule has 0 atom stereocenters. The molecule has 8 nitrogen and oxygen atoms in total. The predicted molar refractivity (Wildman–Crippen MR) is 70.0 cm³/mol. The fraction of sp³-hybridized carbons (Fsp3) is 0.727. The van der Waals surface area contributed by atoms with Gasteiger partial charge < -0.3 is 14.2 Å². The number of nitrogens with zero attached hydrogens (tertiary/aromatic N) is 3. The van der Waals surface area contributed by atoms with Crippen molar-refractivity contribution in [2.24, 2.45) is 5.84 Å². The summed E-state index contributed by atoms with van der Waals surface area (Å²) in [5.74, 6) is 5.47. The first-order chi connectivity index (χ1) is 9.30. The van der Waals surface area contributed by atoms with Crippen molar-refractivity contribution in [2.45, 2.75) is 26.7 Å². The van der Waals surface area contributed by atoms with Crippen LogP contribution in [0.25, 0.3) is 0 Å². The Morgan fingerprint density at radius 3 is 2.11 bits per heavy atom. The van der Waals surface area contributed by atoms with E-state index in [0.717, 1.165) is 12.8 Å². The normalized spacial score (nSPS) is 10.3. The van der Waals surface area contributed by atoms with Crippen molar-refractivity contribution in [2.75, 3.05) is 31.9 Å². The van der Waals surface area contributed by atoms with E-state index >= 15 is 0 Å². The molecule has 0 spiro atoms. The van der Waals surface area contributed by atoms with Gasteiger partial charge in [0.05, 0.1) is 13.2 Å². The van der Waals surface area contributed by atoms with E-state index in [-0.39, 0.29) is 18.0 Å². The van der Waals surface area contributed by atoms with Crippen LogP contribution in [0.2, 0.25) is 0 Å². The first-order valence-corrected chi connectivity index (χ1v) is 6.36. The van der Waals surface area contributed by atoms with E-state index in [1.54, 1.807) is 0 Å². The molecule has 0 aliphatic carbocycles. The number of nitrogens with one attached hydrogen (secondary N) is 1. The van der Waals surface area contributed by atoms with Crippen LogP contribution in [0.5, 0.6) is 12.0 Å². The van der Waals surface area contributed by atoms with Crippen molar-refractivity contribution in [1.29, 1.82) is 0 Å². The van der Waals surface area contributed by atoms with E-state index in [0.29, 0.717) is 26.4 Å². The van der Waals surface area contributed by atoms with Crippen molar-refractivity contribution >= 4 is 5.95 Å². The monoisotopic (exact) mass is 271 g/mol. The van der Waals surface area contributed by atoms with Crippen molar-refractivity contribution in [3.8, 4) is 12.0 Å². The van der Waals surface area contributed by atoms with Crippen LogP contribution in [0.4, 0.5) is 5.95 Å². The lowest BCUT2D eigenvalue weighted by Crippen LogP contribution is -2.15. The van der Waals surface area contributed by atoms with Crippen molar-refractivity contribution in [3.05, 3.63) is 0 Å². The Morgan fingerprint density at radius 1 is 0.895 bits per heavy atom. The van der Waals surface area contributed by atoms with Gasteiger partial charge in [0.15, 0.2) is 0 Å². The molecule has 1 heterocycles. The average Bonchev–Trinajstić information content (AvgIpc) is 2.44. The highest BCUT2D eigenvalue weighted by molar-refractivity contribution is 5.25. The van der Waals surface area contributed by atoms with E-state index in [9.17, 15) is 0 Å². The smallest absolute Gasteiger partial charge is 0.324 e. The molecule has 0 radical (unpaired) electrons. The molecule has 0 fully saturated rings. The Morgan fingerprint density at radius 2 is 1.53 bits per heavy atom. The minimum atomic E-state index is 0.161. The zero-order valence-corrected chi connectivity index (χ0v) is 11.4. The maximum Gasteiger partial charge on any atom is 0.324 e. The van der Waals surface area contributed by atoms with Crippen molar-refractivity contribution < 1.29 is 14.2 Å². The molecule has 19 heavy (non-hydrogen) atoms. The second-order valence-electron chi connectivity index (χ2n) is 3.68. The van der Waals surface area contributed by atoms with Crippen LogP contribution in [-0.4, -0.2) is 41.4 Å². The molecule has 1 rings (SSSR count). The number of rotatable bonds is 10. The summed E-state index contributed by atoms with van der Waals surface area (Å²) in [6, 6.07) is 0.350. The Kier molecular flexibility index (Phi) is 7.52. The molecule has 0 aromatic carbocycles. The molecule has 3 N–H and O–H groups in total. The lowest BCUT2D eigenvalue weighted by Gasteiger charge is -2.08. The molecule has 1 aromatic rings. The highest BCUT2D eigenvalue weighted by Gasteiger charge is 2.07. The molecule has 0 bridgehead atoms. The summed E-state index contributed by atoms with van der Waals surface area (Å²) < 4.78 is 16.0. The molecule has 1 aromatic heterocycles. The number of anilines is 1. The second kappa shape index (κ2) is 9.29. The summed E-state index contributed by atoms with van der Waals surface area (Å²) in [7, 11) is 0. The maximum absolute atomic E-state index is 5.35. The van der Waals surface area contributed by atoms with Crippen LogP contribution in [0.1, 0.15) is 26.7 Å². The summed E-state index contributed by atoms with van der Waals surface area (Å²) >= 11 is 0. The Hall–Kier alpha value is -1.67. The minimum Gasteiger partial charge on any atom is -0.463 e. The topological polar surface area (TPSA) is 104 Å². The van der Waals surface area contributed by atoms with Gasteiger partial charge in [-0.05, 0) is 12.8 Å². The van der Waals surface area contributed by atoms with Crippen LogP contribution in [0, 0.1) is 0 Å². The van der Waals surface area contributed by atoms with Crippen LogP contribution < -0.4 is 20.7 Å². The zero-order chi connectivity index (χ0) is 13.9. The summed E-state index contributed by atoms with van der Waals surface area (Å²) in [6.45, 7) is 6.11. The highest BCUT2D eigenvalue weighted by Crippen LogP contribution is 2.12. The molecule has 0 aliphatic heterocycles. The van der Waals surface area contributed by atoms with Crippen LogP contribution in [0.3, 0.4) is 0 Å². The van der Waals surface area contributed by atoms with Crippen LogP contribution in [0.15, 0.2) is 0 Å². The molecule has 0 amide bonds. The van der Waals surface area contributed by atoms with E-state index in [4.69, 9.17) is 20.1 Å². The molecule has 0 aliphatic rings. The molecule has 0 saturated heterocycles. The largest absolute Gasteiger partial charge is 0.463 e. The summed E-state index contributed by atoms with van der Waals surface area (Å²) in [5, 5.41) is 0. The third kappa shape index (κ3) is 6.16. The molecular formula is C11H21N5O3. The van der Waals surface area contributed by atoms with Gasteiger partial charge in [0.25, 0.3) is 0 Å². The van der Waals surface area contributed by atoms with Gasteiger partial charge in [-0.15, -0.1) is 4.98 Å². The number of ether oxygens (including phenoxy) is 3. The average molecular weight is 271 g/mol. The number of nitrogens with two attached hydrogens (primary N) is 1.